The van der Waals surface area contributed by atoms with Crippen molar-refractivity contribution in [2.75, 3.05) is 33.9 Å². The van der Waals surface area contributed by atoms with Gasteiger partial charge in [0.05, 0.1) is 12.7 Å². The number of aliphatic hydroxyl groups is 1. The maximum absolute atomic E-state index is 9.69. The van der Waals surface area contributed by atoms with Gasteiger partial charge in [0.15, 0.2) is 0 Å². The first-order chi connectivity index (χ1) is 8.69. The van der Waals surface area contributed by atoms with Crippen LogP contribution in [-0.2, 0) is 17.7 Å². The van der Waals surface area contributed by atoms with Gasteiger partial charge in [-0.05, 0) is 19.4 Å². The maximum atomic E-state index is 9.69. The third kappa shape index (κ3) is 3.54. The van der Waals surface area contributed by atoms with Crippen LogP contribution < -0.4 is 0 Å². The van der Waals surface area contributed by atoms with Crippen molar-refractivity contribution in [1.82, 2.24) is 14.5 Å². The number of rotatable bonds is 6. The first-order valence-corrected chi connectivity index (χ1v) is 6.54. The number of likely N-dealkylation sites (N-methyl/N-ethyl adjacent to an activating group) is 1. The van der Waals surface area contributed by atoms with Crippen LogP contribution in [0.25, 0.3) is 0 Å². The Morgan fingerprint density at radius 1 is 1.67 bits per heavy atom. The number of fused-ring (bicyclic) bond motifs is 1. The quantitative estimate of drug-likeness (QED) is 0.796. The van der Waals surface area contributed by atoms with E-state index in [1.54, 1.807) is 7.11 Å². The van der Waals surface area contributed by atoms with Gasteiger partial charge in [0.2, 0.25) is 0 Å². The predicted octanol–water partition coefficient (Wildman–Crippen LogP) is 0.385. The summed E-state index contributed by atoms with van der Waals surface area (Å²) in [5, 5.41) is 9.69. The molecule has 5 nitrogen and oxygen atoms in total. The summed E-state index contributed by atoms with van der Waals surface area (Å²) in [6.45, 7) is 3.13. The highest BCUT2D eigenvalue weighted by Gasteiger charge is 2.20. The Morgan fingerprint density at radius 2 is 2.50 bits per heavy atom. The highest BCUT2D eigenvalue weighted by atomic mass is 16.5. The molecule has 2 atom stereocenters. The summed E-state index contributed by atoms with van der Waals surface area (Å²) < 4.78 is 7.19. The second-order valence-electron chi connectivity index (χ2n) is 5.23. The molecule has 102 valence electrons. The van der Waals surface area contributed by atoms with Crippen LogP contribution >= 0.6 is 0 Å². The van der Waals surface area contributed by atoms with Gasteiger partial charge in [-0.3, -0.25) is 0 Å². The first kappa shape index (κ1) is 13.5. The van der Waals surface area contributed by atoms with Crippen molar-refractivity contribution in [3.63, 3.8) is 0 Å². The summed E-state index contributed by atoms with van der Waals surface area (Å²) in [6, 6.07) is 0. The molecular weight excluding hydrogens is 230 g/mol. The van der Waals surface area contributed by atoms with Gasteiger partial charge in [-0.1, -0.05) is 0 Å². The van der Waals surface area contributed by atoms with Crippen molar-refractivity contribution in [3.05, 3.63) is 18.2 Å². The van der Waals surface area contributed by atoms with E-state index < -0.39 is 6.10 Å². The Hall–Kier alpha value is -0.910. The molecule has 2 heterocycles. The predicted molar refractivity (Wildman–Crippen MR) is 69.4 cm³/mol. The number of aliphatic hydroxyl groups excluding tert-OH is 1. The fourth-order valence-corrected chi connectivity index (χ4v) is 2.71. The van der Waals surface area contributed by atoms with Gasteiger partial charge in [-0.2, -0.15) is 0 Å². The van der Waals surface area contributed by atoms with Crippen molar-refractivity contribution in [3.8, 4) is 0 Å². The Morgan fingerprint density at radius 3 is 3.28 bits per heavy atom. The Bertz CT molecular complexity index is 367. The standard InChI is InChI=1S/C13H23N3O2/c1-15(9-12(17)10-18-2)7-11-3-4-13-14-5-6-16(13)8-11/h5-6,11-12,17H,3-4,7-10H2,1-2H3/t11-,12-/m0/s1. The van der Waals surface area contributed by atoms with Crippen molar-refractivity contribution in [2.24, 2.45) is 5.92 Å². The number of imidazole rings is 1. The number of ether oxygens (including phenoxy) is 1. The van der Waals surface area contributed by atoms with E-state index in [0.717, 1.165) is 19.5 Å². The normalized spacial score (nSPS) is 21.0. The fourth-order valence-electron chi connectivity index (χ4n) is 2.71. The Balaban J connectivity index is 1.77. The van der Waals surface area contributed by atoms with Crippen molar-refractivity contribution >= 4 is 0 Å². The molecule has 1 aliphatic rings. The molecule has 1 aliphatic heterocycles. The van der Waals surface area contributed by atoms with Crippen LogP contribution in [0.3, 0.4) is 0 Å². The summed E-state index contributed by atoms with van der Waals surface area (Å²) in [5.74, 6) is 1.85. The zero-order chi connectivity index (χ0) is 13.0. The van der Waals surface area contributed by atoms with Crippen molar-refractivity contribution < 1.29 is 9.84 Å². The van der Waals surface area contributed by atoms with Crippen molar-refractivity contribution in [1.29, 1.82) is 0 Å². The van der Waals surface area contributed by atoms with Gasteiger partial charge in [0.1, 0.15) is 5.82 Å². The number of methoxy groups -OCH3 is 1. The molecule has 0 unspecified atom stereocenters. The summed E-state index contributed by atoms with van der Waals surface area (Å²) in [5.41, 5.74) is 0. The zero-order valence-electron chi connectivity index (χ0n) is 11.2. The minimum atomic E-state index is -0.396. The van der Waals surface area contributed by atoms with E-state index in [1.165, 1.54) is 12.2 Å². The second-order valence-corrected chi connectivity index (χ2v) is 5.23. The lowest BCUT2D eigenvalue weighted by Crippen LogP contribution is -2.37. The molecule has 0 aromatic carbocycles. The van der Waals surface area contributed by atoms with Gasteiger partial charge < -0.3 is 19.3 Å². The number of nitrogens with zero attached hydrogens (tertiary/aromatic N) is 3. The molecule has 0 aliphatic carbocycles. The largest absolute Gasteiger partial charge is 0.389 e. The summed E-state index contributed by atoms with van der Waals surface area (Å²) >= 11 is 0. The van der Waals surface area contributed by atoms with Crippen LogP contribution in [-0.4, -0.2) is 59.5 Å². The van der Waals surface area contributed by atoms with Gasteiger partial charge in [0, 0.05) is 45.6 Å². The Labute approximate surface area is 108 Å². The zero-order valence-corrected chi connectivity index (χ0v) is 11.2. The molecular formula is C13H23N3O2. The molecule has 0 saturated heterocycles. The number of hydrogen-bond donors (Lipinski definition) is 1. The second kappa shape index (κ2) is 6.31. The van der Waals surface area contributed by atoms with E-state index in [1.807, 2.05) is 6.20 Å². The van der Waals surface area contributed by atoms with Crippen molar-refractivity contribution in [2.45, 2.75) is 25.5 Å². The molecule has 1 aromatic heterocycles. The van der Waals surface area contributed by atoms with E-state index in [2.05, 4.69) is 27.7 Å². The SMILES string of the molecule is COC[C@@H](O)CN(C)C[C@@H]1CCc2nccn2C1. The van der Waals surface area contributed by atoms with Crippen LogP contribution in [0.2, 0.25) is 0 Å². The molecule has 0 spiro atoms. The minimum Gasteiger partial charge on any atom is -0.389 e. The Kier molecular flexibility index (Phi) is 4.74. The lowest BCUT2D eigenvalue weighted by Gasteiger charge is -2.29. The lowest BCUT2D eigenvalue weighted by molar-refractivity contribution is 0.0390. The molecule has 0 amide bonds. The van der Waals surface area contributed by atoms with Gasteiger partial charge in [-0.15, -0.1) is 0 Å². The third-order valence-electron chi connectivity index (χ3n) is 3.48. The molecule has 0 fully saturated rings. The number of aryl methyl sites for hydroxylation is 1. The van der Waals surface area contributed by atoms with E-state index in [0.29, 0.717) is 19.1 Å². The van der Waals surface area contributed by atoms with Crippen LogP contribution in [0.1, 0.15) is 12.2 Å². The average molecular weight is 253 g/mol. The van der Waals surface area contributed by atoms with Crippen LogP contribution in [0, 0.1) is 5.92 Å². The lowest BCUT2D eigenvalue weighted by atomic mass is 9.99. The van der Waals surface area contributed by atoms with E-state index in [4.69, 9.17) is 4.74 Å². The summed E-state index contributed by atoms with van der Waals surface area (Å²) in [4.78, 5) is 6.53. The summed E-state index contributed by atoms with van der Waals surface area (Å²) in [6.07, 6.45) is 5.78. The monoisotopic (exact) mass is 253 g/mol. The van der Waals surface area contributed by atoms with E-state index in [9.17, 15) is 5.11 Å². The fraction of sp³-hybridized carbons (Fsp3) is 0.769. The highest BCUT2D eigenvalue weighted by Crippen LogP contribution is 2.19. The molecule has 0 saturated carbocycles. The number of aromatic nitrogens is 2. The molecule has 18 heavy (non-hydrogen) atoms. The minimum absolute atomic E-state index is 0.396. The highest BCUT2D eigenvalue weighted by molar-refractivity contribution is 4.96. The van der Waals surface area contributed by atoms with Crippen LogP contribution in [0.4, 0.5) is 0 Å². The molecule has 1 aromatic rings. The molecule has 0 radical (unpaired) electrons. The third-order valence-corrected chi connectivity index (χ3v) is 3.48. The smallest absolute Gasteiger partial charge is 0.108 e. The molecule has 5 heteroatoms. The van der Waals surface area contributed by atoms with E-state index >= 15 is 0 Å². The van der Waals surface area contributed by atoms with E-state index in [-0.39, 0.29) is 0 Å². The molecule has 1 N–H and O–H groups in total. The molecule has 2 rings (SSSR count). The number of hydrogen-bond acceptors (Lipinski definition) is 4. The topological polar surface area (TPSA) is 50.5 Å². The van der Waals surface area contributed by atoms with Gasteiger partial charge >= 0.3 is 0 Å². The van der Waals surface area contributed by atoms with Crippen LogP contribution in [0.15, 0.2) is 12.4 Å². The maximum Gasteiger partial charge on any atom is 0.108 e. The molecule has 0 bridgehead atoms. The first-order valence-electron chi connectivity index (χ1n) is 6.54. The van der Waals surface area contributed by atoms with Crippen LogP contribution in [0.5, 0.6) is 0 Å². The average Bonchev–Trinajstić information content (AvgIpc) is 2.76. The van der Waals surface area contributed by atoms with Gasteiger partial charge in [0.25, 0.3) is 0 Å². The van der Waals surface area contributed by atoms with Gasteiger partial charge in [-0.25, -0.2) is 4.98 Å². The summed E-state index contributed by atoms with van der Waals surface area (Å²) in [7, 11) is 3.67.